The monoisotopic (exact) mass is 400 g/mol. The summed E-state index contributed by atoms with van der Waals surface area (Å²) in [6.45, 7) is 0.408. The molecule has 5 nitrogen and oxygen atoms in total. The maximum atomic E-state index is 11.8. The predicted octanol–water partition coefficient (Wildman–Crippen LogP) is 2.57. The Morgan fingerprint density at radius 3 is 2.39 bits per heavy atom. The molecule has 3 N–H and O–H groups in total. The number of anilines is 2. The number of hydrogen-bond acceptors (Lipinski definition) is 4. The van der Waals surface area contributed by atoms with Gasteiger partial charge in [-0.2, -0.15) is 0 Å². The van der Waals surface area contributed by atoms with Crippen molar-refractivity contribution >= 4 is 53.3 Å². The average molecular weight is 402 g/mol. The van der Waals surface area contributed by atoms with Crippen molar-refractivity contribution in [2.45, 2.75) is 6.42 Å². The van der Waals surface area contributed by atoms with Crippen molar-refractivity contribution in [3.8, 4) is 0 Å². The van der Waals surface area contributed by atoms with E-state index in [1.165, 1.54) is 7.11 Å². The highest BCUT2D eigenvalue weighted by atomic mass is 79.9. The number of benzene rings is 1. The second-order valence-electron chi connectivity index (χ2n) is 3.63. The van der Waals surface area contributed by atoms with Crippen LogP contribution in [0.3, 0.4) is 0 Å². The van der Waals surface area contributed by atoms with E-state index in [1.54, 1.807) is 12.1 Å². The summed E-state index contributed by atoms with van der Waals surface area (Å²) in [6, 6.07) is 3.27. The molecule has 0 saturated carbocycles. The highest BCUT2D eigenvalue weighted by Crippen LogP contribution is 2.34. The van der Waals surface area contributed by atoms with Crippen molar-refractivity contribution in [3.05, 3.63) is 21.1 Å². The lowest BCUT2D eigenvalue weighted by molar-refractivity contribution is 0.199. The SMILES string of the molecule is COCCCS(=O)(=O)Nc1c(Br)cc(N)cc1Br. The Balaban J connectivity index is 2.84. The molecule has 0 fully saturated rings. The van der Waals surface area contributed by atoms with Crippen LogP contribution in [0, 0.1) is 0 Å². The van der Waals surface area contributed by atoms with E-state index < -0.39 is 10.0 Å². The van der Waals surface area contributed by atoms with Crippen LogP contribution in [0.25, 0.3) is 0 Å². The second kappa shape index (κ2) is 6.74. The topological polar surface area (TPSA) is 81.4 Å². The first kappa shape index (κ1) is 15.7. The van der Waals surface area contributed by atoms with Crippen LogP contribution in [0.4, 0.5) is 11.4 Å². The van der Waals surface area contributed by atoms with Crippen molar-refractivity contribution in [3.63, 3.8) is 0 Å². The molecule has 1 aromatic carbocycles. The van der Waals surface area contributed by atoms with E-state index in [2.05, 4.69) is 36.6 Å². The Bertz CT molecular complexity index is 497. The molecule has 0 unspecified atom stereocenters. The number of nitrogens with two attached hydrogens (primary N) is 1. The Kier molecular flexibility index (Phi) is 5.90. The van der Waals surface area contributed by atoms with Gasteiger partial charge in [0.25, 0.3) is 0 Å². The standard InChI is InChI=1S/C10H14Br2N2O3S/c1-17-3-2-4-18(15,16)14-10-8(11)5-7(13)6-9(10)12/h5-6,14H,2-4,13H2,1H3. The van der Waals surface area contributed by atoms with Crippen LogP contribution in [0.2, 0.25) is 0 Å². The predicted molar refractivity (Wildman–Crippen MR) is 80.2 cm³/mol. The van der Waals surface area contributed by atoms with Gasteiger partial charge in [0.15, 0.2) is 0 Å². The molecule has 0 aliphatic heterocycles. The third kappa shape index (κ3) is 4.75. The zero-order valence-electron chi connectivity index (χ0n) is 9.74. The number of rotatable bonds is 6. The Labute approximate surface area is 123 Å². The van der Waals surface area contributed by atoms with Crippen molar-refractivity contribution in [2.75, 3.05) is 29.9 Å². The lowest BCUT2D eigenvalue weighted by atomic mass is 10.3. The maximum Gasteiger partial charge on any atom is 0.232 e. The third-order valence-corrected chi connectivity index (χ3v) is 4.68. The highest BCUT2D eigenvalue weighted by Gasteiger charge is 2.15. The number of nitrogens with one attached hydrogen (secondary N) is 1. The van der Waals surface area contributed by atoms with E-state index in [0.717, 1.165) is 0 Å². The molecule has 0 spiro atoms. The quantitative estimate of drug-likeness (QED) is 0.566. The summed E-state index contributed by atoms with van der Waals surface area (Å²) in [5.74, 6) is 0.00406. The molecule has 0 radical (unpaired) electrons. The summed E-state index contributed by atoms with van der Waals surface area (Å²) in [7, 11) is -1.86. The van der Waals surface area contributed by atoms with Crippen LogP contribution in [-0.4, -0.2) is 27.9 Å². The van der Waals surface area contributed by atoms with Crippen molar-refractivity contribution in [1.29, 1.82) is 0 Å². The number of nitrogen functional groups attached to an aromatic ring is 1. The van der Waals surface area contributed by atoms with E-state index in [9.17, 15) is 8.42 Å². The zero-order chi connectivity index (χ0) is 13.8. The van der Waals surface area contributed by atoms with Crippen LogP contribution >= 0.6 is 31.9 Å². The van der Waals surface area contributed by atoms with E-state index in [-0.39, 0.29) is 5.75 Å². The summed E-state index contributed by atoms with van der Waals surface area (Å²) in [6.07, 6.45) is 0.441. The lowest BCUT2D eigenvalue weighted by Crippen LogP contribution is -2.18. The van der Waals surface area contributed by atoms with Gasteiger partial charge >= 0.3 is 0 Å². The number of halogens is 2. The Morgan fingerprint density at radius 2 is 1.89 bits per heavy atom. The molecule has 8 heteroatoms. The first-order valence-electron chi connectivity index (χ1n) is 5.09. The molecule has 18 heavy (non-hydrogen) atoms. The largest absolute Gasteiger partial charge is 0.399 e. The summed E-state index contributed by atoms with van der Waals surface area (Å²) < 4.78 is 32.2. The van der Waals surface area contributed by atoms with Gasteiger partial charge in [-0.15, -0.1) is 0 Å². The van der Waals surface area contributed by atoms with E-state index in [4.69, 9.17) is 10.5 Å². The number of ether oxygens (including phenoxy) is 1. The van der Waals surface area contributed by atoms with Crippen LogP contribution < -0.4 is 10.5 Å². The molecule has 0 amide bonds. The second-order valence-corrected chi connectivity index (χ2v) is 7.18. The maximum absolute atomic E-state index is 11.8. The van der Waals surface area contributed by atoms with E-state index in [0.29, 0.717) is 33.3 Å². The van der Waals surface area contributed by atoms with Crippen LogP contribution in [0.1, 0.15) is 6.42 Å². The fourth-order valence-corrected chi connectivity index (χ4v) is 4.10. The molecular weight excluding hydrogens is 388 g/mol. The van der Waals surface area contributed by atoms with Crippen LogP contribution in [0.5, 0.6) is 0 Å². The molecule has 0 atom stereocenters. The molecule has 0 heterocycles. The molecule has 0 aromatic heterocycles. The summed E-state index contributed by atoms with van der Waals surface area (Å²) in [5.41, 5.74) is 6.62. The first-order valence-corrected chi connectivity index (χ1v) is 8.33. The fourth-order valence-electron chi connectivity index (χ4n) is 1.29. The molecule has 1 aromatic rings. The molecule has 1 rings (SSSR count). The minimum atomic E-state index is -3.40. The Morgan fingerprint density at radius 1 is 1.33 bits per heavy atom. The zero-order valence-corrected chi connectivity index (χ0v) is 13.7. The van der Waals surface area contributed by atoms with Gasteiger partial charge in [-0.3, -0.25) is 4.72 Å². The molecule has 0 bridgehead atoms. The van der Waals surface area contributed by atoms with Gasteiger partial charge in [0.2, 0.25) is 10.0 Å². The van der Waals surface area contributed by atoms with Gasteiger partial charge in [0.1, 0.15) is 0 Å². The van der Waals surface area contributed by atoms with Gasteiger partial charge in [-0.1, -0.05) is 0 Å². The van der Waals surface area contributed by atoms with Gasteiger partial charge in [-0.05, 0) is 50.4 Å². The van der Waals surface area contributed by atoms with Gasteiger partial charge < -0.3 is 10.5 Å². The molecule has 0 aliphatic carbocycles. The smallest absolute Gasteiger partial charge is 0.232 e. The van der Waals surface area contributed by atoms with Gasteiger partial charge in [0.05, 0.1) is 11.4 Å². The summed E-state index contributed by atoms with van der Waals surface area (Å²) in [4.78, 5) is 0. The number of hydrogen-bond donors (Lipinski definition) is 2. The van der Waals surface area contributed by atoms with Crippen molar-refractivity contribution in [2.24, 2.45) is 0 Å². The summed E-state index contributed by atoms with van der Waals surface area (Å²) >= 11 is 6.54. The summed E-state index contributed by atoms with van der Waals surface area (Å²) in [5, 5.41) is 0. The molecule has 0 aliphatic rings. The number of methoxy groups -OCH3 is 1. The van der Waals surface area contributed by atoms with Crippen molar-refractivity contribution in [1.82, 2.24) is 0 Å². The fraction of sp³-hybridized carbons (Fsp3) is 0.400. The van der Waals surface area contributed by atoms with E-state index >= 15 is 0 Å². The first-order chi connectivity index (χ1) is 8.35. The third-order valence-electron chi connectivity index (χ3n) is 2.08. The van der Waals surface area contributed by atoms with Gasteiger partial charge in [0, 0.05) is 28.3 Å². The van der Waals surface area contributed by atoms with Crippen LogP contribution in [-0.2, 0) is 14.8 Å². The normalized spacial score (nSPS) is 11.5. The van der Waals surface area contributed by atoms with Crippen LogP contribution in [0.15, 0.2) is 21.1 Å². The lowest BCUT2D eigenvalue weighted by Gasteiger charge is -2.12. The molecular formula is C10H14Br2N2O3S. The van der Waals surface area contributed by atoms with Gasteiger partial charge in [-0.25, -0.2) is 8.42 Å². The Hall–Kier alpha value is -0.310. The minimum Gasteiger partial charge on any atom is -0.399 e. The van der Waals surface area contributed by atoms with Crippen molar-refractivity contribution < 1.29 is 13.2 Å². The average Bonchev–Trinajstić information content (AvgIpc) is 2.23. The highest BCUT2D eigenvalue weighted by molar-refractivity contribution is 9.11. The number of sulfonamides is 1. The molecule has 0 saturated heterocycles. The minimum absolute atomic E-state index is 0.00406. The van der Waals surface area contributed by atoms with E-state index in [1.807, 2.05) is 0 Å². The molecule has 102 valence electrons.